The molecule has 134 valence electrons. The lowest BCUT2D eigenvalue weighted by Crippen LogP contribution is -2.51. The summed E-state index contributed by atoms with van der Waals surface area (Å²) >= 11 is 0. The number of hydrogen-bond acceptors (Lipinski definition) is 4. The minimum Gasteiger partial charge on any atom is -0.748 e. The fourth-order valence-corrected chi connectivity index (χ4v) is 3.36. The number of rotatable bonds is 13. The Morgan fingerprint density at radius 3 is 2.18 bits per heavy atom. The fraction of sp³-hybridized carbons (Fsp3) is 1.00. The largest absolute Gasteiger partial charge is 0.748 e. The molecule has 0 aliphatic carbocycles. The van der Waals surface area contributed by atoms with Crippen LogP contribution in [0.2, 0.25) is 0 Å². The van der Waals surface area contributed by atoms with Crippen molar-refractivity contribution in [3.8, 4) is 0 Å². The summed E-state index contributed by atoms with van der Waals surface area (Å²) in [5.74, 6) is -0.284. The van der Waals surface area contributed by atoms with Crippen molar-refractivity contribution >= 4 is 10.1 Å². The van der Waals surface area contributed by atoms with Crippen LogP contribution in [0.25, 0.3) is 0 Å². The lowest BCUT2D eigenvalue weighted by Gasteiger charge is -2.37. The van der Waals surface area contributed by atoms with Crippen molar-refractivity contribution in [3.63, 3.8) is 0 Å². The maximum Gasteiger partial charge on any atom is 0.111 e. The zero-order chi connectivity index (χ0) is 17.3. The number of likely N-dealkylation sites (N-methyl/N-ethyl adjacent to an activating group) is 1. The molecule has 0 saturated carbocycles. The van der Waals surface area contributed by atoms with Crippen LogP contribution in [0.5, 0.6) is 0 Å². The molecule has 0 N–H and O–H groups in total. The van der Waals surface area contributed by atoms with E-state index in [1.54, 1.807) is 0 Å². The first-order chi connectivity index (χ1) is 9.97. The molecule has 0 fully saturated rings. The number of hydrogen-bond donors (Lipinski definition) is 0. The van der Waals surface area contributed by atoms with Crippen LogP contribution in [-0.2, 0) is 14.9 Å². The van der Waals surface area contributed by atoms with Gasteiger partial charge in [0.2, 0.25) is 0 Å². The molecule has 0 heterocycles. The second-order valence-corrected chi connectivity index (χ2v) is 8.98. The summed E-state index contributed by atoms with van der Waals surface area (Å²) in [6.45, 7) is 8.57. The van der Waals surface area contributed by atoms with E-state index in [9.17, 15) is 13.0 Å². The summed E-state index contributed by atoms with van der Waals surface area (Å²) < 4.78 is 38.6. The van der Waals surface area contributed by atoms with Gasteiger partial charge in [-0.1, -0.05) is 32.6 Å². The van der Waals surface area contributed by atoms with Gasteiger partial charge < -0.3 is 13.8 Å². The van der Waals surface area contributed by atoms with Gasteiger partial charge in [0.05, 0.1) is 30.8 Å². The molecule has 0 aromatic carbocycles. The SMILES string of the molecule is CCCCCCCOC(C)(C)C[N+](C)(C)CCCS(=O)(=O)[O-]. The second-order valence-electron chi connectivity index (χ2n) is 7.46. The van der Waals surface area contributed by atoms with Gasteiger partial charge in [-0.25, -0.2) is 8.42 Å². The molecule has 0 atom stereocenters. The molecule has 5 nitrogen and oxygen atoms in total. The van der Waals surface area contributed by atoms with Crippen molar-refractivity contribution in [3.05, 3.63) is 0 Å². The summed E-state index contributed by atoms with van der Waals surface area (Å²) in [5, 5.41) is 0. The Kier molecular flexibility index (Phi) is 9.78. The number of quaternary nitrogens is 1. The predicted molar refractivity (Wildman–Crippen MR) is 89.8 cm³/mol. The van der Waals surface area contributed by atoms with E-state index in [0.29, 0.717) is 17.4 Å². The van der Waals surface area contributed by atoms with E-state index in [-0.39, 0.29) is 11.4 Å². The average molecular weight is 338 g/mol. The smallest absolute Gasteiger partial charge is 0.111 e. The molecule has 0 aliphatic heterocycles. The minimum atomic E-state index is -4.11. The molecule has 0 radical (unpaired) electrons. The van der Waals surface area contributed by atoms with Crippen LogP contribution < -0.4 is 0 Å². The molecular weight excluding hydrogens is 302 g/mol. The van der Waals surface area contributed by atoms with Crippen molar-refractivity contribution < 1.29 is 22.2 Å². The van der Waals surface area contributed by atoms with E-state index < -0.39 is 10.1 Å². The Morgan fingerprint density at radius 1 is 1.05 bits per heavy atom. The molecule has 0 aromatic rings. The van der Waals surface area contributed by atoms with E-state index in [1.165, 1.54) is 25.7 Å². The number of unbranched alkanes of at least 4 members (excludes halogenated alkanes) is 4. The van der Waals surface area contributed by atoms with E-state index in [2.05, 4.69) is 20.8 Å². The first-order valence-corrected chi connectivity index (χ1v) is 9.95. The van der Waals surface area contributed by atoms with Crippen LogP contribution in [0, 0.1) is 0 Å². The molecule has 0 unspecified atom stereocenters. The van der Waals surface area contributed by atoms with Gasteiger partial charge in [0, 0.05) is 18.8 Å². The van der Waals surface area contributed by atoms with Crippen molar-refractivity contribution in [2.45, 2.75) is 64.9 Å². The van der Waals surface area contributed by atoms with Gasteiger partial charge in [0.15, 0.2) is 0 Å². The van der Waals surface area contributed by atoms with E-state index >= 15 is 0 Å². The summed E-state index contributed by atoms with van der Waals surface area (Å²) in [5.41, 5.74) is -0.245. The highest BCUT2D eigenvalue weighted by Gasteiger charge is 2.29. The van der Waals surface area contributed by atoms with Crippen LogP contribution in [0.1, 0.15) is 59.3 Å². The first kappa shape index (κ1) is 21.8. The maximum absolute atomic E-state index is 10.7. The molecule has 0 spiro atoms. The first-order valence-electron chi connectivity index (χ1n) is 8.37. The van der Waals surface area contributed by atoms with Gasteiger partial charge in [0.1, 0.15) is 12.1 Å². The molecule has 0 aromatic heterocycles. The Labute approximate surface area is 137 Å². The van der Waals surface area contributed by atoms with Crippen LogP contribution >= 0.6 is 0 Å². The van der Waals surface area contributed by atoms with Gasteiger partial charge in [-0.2, -0.15) is 0 Å². The third kappa shape index (κ3) is 13.5. The Balaban J connectivity index is 4.04. The lowest BCUT2D eigenvalue weighted by atomic mass is 10.1. The molecule has 0 saturated heterocycles. The van der Waals surface area contributed by atoms with Gasteiger partial charge in [-0.05, 0) is 20.3 Å². The fourth-order valence-electron chi connectivity index (χ4n) is 2.88. The highest BCUT2D eigenvalue weighted by Crippen LogP contribution is 2.16. The highest BCUT2D eigenvalue weighted by molar-refractivity contribution is 7.85. The van der Waals surface area contributed by atoms with Gasteiger partial charge in [-0.15, -0.1) is 0 Å². The normalized spacial score (nSPS) is 13.5. The van der Waals surface area contributed by atoms with Crippen LogP contribution in [0.4, 0.5) is 0 Å². The standard InChI is InChI=1S/C16H35NO4S/c1-6-7-8-9-10-13-21-16(2,3)15-17(4,5)12-11-14-22(18,19)20/h6-15H2,1-5H3. The van der Waals surface area contributed by atoms with Crippen molar-refractivity contribution in [1.29, 1.82) is 0 Å². The minimum absolute atomic E-state index is 0.245. The van der Waals surface area contributed by atoms with Gasteiger partial charge in [-0.3, -0.25) is 0 Å². The number of nitrogens with zero attached hydrogens (tertiary/aromatic N) is 1. The Morgan fingerprint density at radius 2 is 1.64 bits per heavy atom. The number of ether oxygens (including phenoxy) is 1. The molecule has 0 amide bonds. The van der Waals surface area contributed by atoms with E-state index in [0.717, 1.165) is 19.6 Å². The Hall–Kier alpha value is -0.170. The third-order valence-electron chi connectivity index (χ3n) is 3.71. The molecule has 6 heteroatoms. The average Bonchev–Trinajstić information content (AvgIpc) is 2.30. The summed E-state index contributed by atoms with van der Waals surface area (Å²) in [7, 11) is -0.0160. The zero-order valence-electron chi connectivity index (χ0n) is 15.1. The van der Waals surface area contributed by atoms with Crippen LogP contribution in [0.15, 0.2) is 0 Å². The molecular formula is C16H35NO4S. The molecule has 0 aliphatic rings. The monoisotopic (exact) mass is 337 g/mol. The third-order valence-corrected chi connectivity index (χ3v) is 4.50. The van der Waals surface area contributed by atoms with Crippen molar-refractivity contribution in [1.82, 2.24) is 0 Å². The molecule has 0 rings (SSSR count). The highest BCUT2D eigenvalue weighted by atomic mass is 32.2. The summed E-state index contributed by atoms with van der Waals surface area (Å²) in [4.78, 5) is 0. The van der Waals surface area contributed by atoms with Crippen molar-refractivity contribution in [2.24, 2.45) is 0 Å². The summed E-state index contributed by atoms with van der Waals surface area (Å²) in [6, 6.07) is 0. The van der Waals surface area contributed by atoms with Crippen LogP contribution in [-0.4, -0.2) is 62.6 Å². The van der Waals surface area contributed by atoms with E-state index in [4.69, 9.17) is 4.74 Å². The maximum atomic E-state index is 10.7. The predicted octanol–water partition coefficient (Wildman–Crippen LogP) is 2.76. The van der Waals surface area contributed by atoms with E-state index in [1.807, 2.05) is 14.1 Å². The van der Waals surface area contributed by atoms with Gasteiger partial charge >= 0.3 is 0 Å². The van der Waals surface area contributed by atoms with Gasteiger partial charge in [0.25, 0.3) is 0 Å². The summed E-state index contributed by atoms with van der Waals surface area (Å²) in [6.07, 6.45) is 6.50. The molecule has 0 bridgehead atoms. The molecule has 22 heavy (non-hydrogen) atoms. The van der Waals surface area contributed by atoms with Crippen LogP contribution in [0.3, 0.4) is 0 Å². The zero-order valence-corrected chi connectivity index (χ0v) is 15.9. The quantitative estimate of drug-likeness (QED) is 0.294. The van der Waals surface area contributed by atoms with Crippen molar-refractivity contribution in [2.75, 3.05) is 39.5 Å². The lowest BCUT2D eigenvalue weighted by molar-refractivity contribution is -0.896. The topological polar surface area (TPSA) is 66.4 Å². The Bertz CT molecular complexity index is 391. The second kappa shape index (κ2) is 9.85.